The Balaban J connectivity index is 0.00000210. The van der Waals surface area contributed by atoms with E-state index in [0.717, 1.165) is 37.5 Å². The van der Waals surface area contributed by atoms with Gasteiger partial charge in [0.2, 0.25) is 5.91 Å². The first-order valence-electron chi connectivity index (χ1n) is 10.0. The Morgan fingerprint density at radius 3 is 2.59 bits per heavy atom. The third-order valence-corrected chi connectivity index (χ3v) is 6.94. The van der Waals surface area contributed by atoms with Crippen molar-refractivity contribution < 1.29 is 9.53 Å². The van der Waals surface area contributed by atoms with Gasteiger partial charge in [-0.25, -0.2) is 0 Å². The van der Waals surface area contributed by atoms with E-state index in [1.165, 1.54) is 31.2 Å². The van der Waals surface area contributed by atoms with Gasteiger partial charge >= 0.3 is 0 Å². The molecule has 3 atom stereocenters. The van der Waals surface area contributed by atoms with Crippen LogP contribution in [0.5, 0.6) is 0 Å². The first-order valence-corrected chi connectivity index (χ1v) is 10.4. The van der Waals surface area contributed by atoms with E-state index in [9.17, 15) is 4.79 Å². The number of hydrogen-bond acceptors (Lipinski definition) is 3. The number of ether oxygens (including phenoxy) is 1. The molecule has 3 unspecified atom stereocenters. The minimum atomic E-state index is -0.0517. The molecule has 1 amide bonds. The molecule has 1 saturated carbocycles. The topological polar surface area (TPSA) is 50.4 Å². The van der Waals surface area contributed by atoms with Crippen LogP contribution in [0, 0.1) is 5.92 Å². The molecular weight excluding hydrogens is 383 g/mol. The maximum atomic E-state index is 12.8. The van der Waals surface area contributed by atoms with Crippen molar-refractivity contribution >= 4 is 29.9 Å². The second-order valence-corrected chi connectivity index (χ2v) is 8.66. The zero-order valence-corrected chi connectivity index (χ0v) is 17.3. The summed E-state index contributed by atoms with van der Waals surface area (Å²) in [6.45, 7) is 2.15. The Hall–Kier alpha value is -0.810. The molecule has 6 heteroatoms. The Bertz CT molecular complexity index is 618. The highest BCUT2D eigenvalue weighted by atomic mass is 35.5. The highest BCUT2D eigenvalue weighted by Gasteiger charge is 2.40. The molecule has 27 heavy (non-hydrogen) atoms. The van der Waals surface area contributed by atoms with Gasteiger partial charge in [0.25, 0.3) is 0 Å². The second kappa shape index (κ2) is 9.13. The van der Waals surface area contributed by atoms with Crippen molar-refractivity contribution in [1.82, 2.24) is 10.6 Å². The van der Waals surface area contributed by atoms with Crippen LogP contribution in [-0.4, -0.2) is 37.7 Å². The molecule has 4 rings (SSSR count). The van der Waals surface area contributed by atoms with E-state index in [4.69, 9.17) is 16.3 Å². The van der Waals surface area contributed by atoms with Gasteiger partial charge < -0.3 is 15.4 Å². The lowest BCUT2D eigenvalue weighted by Crippen LogP contribution is -2.49. The van der Waals surface area contributed by atoms with Crippen molar-refractivity contribution in [3.63, 3.8) is 0 Å². The van der Waals surface area contributed by atoms with Gasteiger partial charge in [-0.05, 0) is 55.7 Å². The number of halogens is 2. The molecular formula is C21H30Cl2N2O2. The number of fused-ring (bicyclic) bond motifs is 1. The van der Waals surface area contributed by atoms with E-state index in [2.05, 4.69) is 22.8 Å². The van der Waals surface area contributed by atoms with Gasteiger partial charge in [-0.3, -0.25) is 4.79 Å². The van der Waals surface area contributed by atoms with Crippen LogP contribution < -0.4 is 10.6 Å². The summed E-state index contributed by atoms with van der Waals surface area (Å²) < 4.78 is 5.59. The van der Waals surface area contributed by atoms with E-state index in [1.807, 2.05) is 12.1 Å². The van der Waals surface area contributed by atoms with Gasteiger partial charge in [-0.15, -0.1) is 12.4 Å². The summed E-state index contributed by atoms with van der Waals surface area (Å²) in [6.07, 6.45) is 7.96. The second-order valence-electron chi connectivity index (χ2n) is 8.22. The normalized spacial score (nSPS) is 29.4. The summed E-state index contributed by atoms with van der Waals surface area (Å²) in [4.78, 5) is 12.8. The van der Waals surface area contributed by atoms with E-state index in [-0.39, 0.29) is 29.8 Å². The SMILES string of the molecule is Cl.O=C(NCC1(c2ccc(Cl)cc2)CCOCC1)C1CC2CCCCC2N1. The molecule has 4 nitrogen and oxygen atoms in total. The maximum absolute atomic E-state index is 12.8. The zero-order chi connectivity index (χ0) is 18.0. The first kappa shape index (κ1) is 20.9. The summed E-state index contributed by atoms with van der Waals surface area (Å²) in [5, 5.41) is 7.60. The van der Waals surface area contributed by atoms with Crippen LogP contribution >= 0.6 is 24.0 Å². The molecule has 3 fully saturated rings. The Kier molecular flexibility index (Phi) is 7.07. The Morgan fingerprint density at radius 2 is 1.89 bits per heavy atom. The van der Waals surface area contributed by atoms with Gasteiger partial charge in [0.1, 0.15) is 0 Å². The molecule has 2 saturated heterocycles. The highest BCUT2D eigenvalue weighted by molar-refractivity contribution is 6.30. The van der Waals surface area contributed by atoms with E-state index in [1.54, 1.807) is 0 Å². The van der Waals surface area contributed by atoms with Crippen molar-refractivity contribution in [3.05, 3.63) is 34.9 Å². The fraction of sp³-hybridized carbons (Fsp3) is 0.667. The Labute approximate surface area is 173 Å². The van der Waals surface area contributed by atoms with Crippen LogP contribution in [0.1, 0.15) is 50.5 Å². The number of amides is 1. The number of rotatable bonds is 4. The largest absolute Gasteiger partial charge is 0.381 e. The molecule has 2 aliphatic heterocycles. The lowest BCUT2D eigenvalue weighted by molar-refractivity contribution is -0.123. The molecule has 150 valence electrons. The number of hydrogen-bond donors (Lipinski definition) is 2. The third kappa shape index (κ3) is 4.61. The number of benzene rings is 1. The highest BCUT2D eigenvalue weighted by Crippen LogP contribution is 2.36. The van der Waals surface area contributed by atoms with Crippen LogP contribution in [0.3, 0.4) is 0 Å². The van der Waals surface area contributed by atoms with E-state index < -0.39 is 0 Å². The Morgan fingerprint density at radius 1 is 1.19 bits per heavy atom. The number of carbonyl (C=O) groups is 1. The molecule has 1 aromatic rings. The molecule has 0 bridgehead atoms. The molecule has 0 aromatic heterocycles. The van der Waals surface area contributed by atoms with Gasteiger partial charge in [-0.2, -0.15) is 0 Å². The van der Waals surface area contributed by atoms with Gasteiger partial charge in [0, 0.05) is 36.2 Å². The lowest BCUT2D eigenvalue weighted by Gasteiger charge is -2.38. The fourth-order valence-corrected chi connectivity index (χ4v) is 5.16. The standard InChI is InChI=1S/C21H29ClN2O2.ClH/c22-17-7-5-16(6-8-17)21(9-11-26-12-10-21)14-23-20(25)19-13-15-3-1-2-4-18(15)24-19;/h5-8,15,18-19,24H,1-4,9-14H2,(H,23,25);1H. The zero-order valence-electron chi connectivity index (χ0n) is 15.7. The monoisotopic (exact) mass is 412 g/mol. The summed E-state index contributed by atoms with van der Waals surface area (Å²) in [6, 6.07) is 8.61. The molecule has 2 N–H and O–H groups in total. The van der Waals surface area contributed by atoms with Crippen LogP contribution in [-0.2, 0) is 14.9 Å². The first-order chi connectivity index (χ1) is 12.7. The van der Waals surface area contributed by atoms with Crippen LogP contribution in [0.2, 0.25) is 5.02 Å². The van der Waals surface area contributed by atoms with Crippen molar-refractivity contribution in [2.45, 2.75) is 62.4 Å². The summed E-state index contributed by atoms with van der Waals surface area (Å²) in [7, 11) is 0. The minimum absolute atomic E-state index is 0. The quantitative estimate of drug-likeness (QED) is 0.789. The van der Waals surface area contributed by atoms with Gasteiger partial charge in [-0.1, -0.05) is 36.6 Å². The predicted octanol–water partition coefficient (Wildman–Crippen LogP) is 3.85. The molecule has 1 aliphatic carbocycles. The average Bonchev–Trinajstić information content (AvgIpc) is 3.12. The average molecular weight is 413 g/mol. The van der Waals surface area contributed by atoms with Crippen molar-refractivity contribution in [3.8, 4) is 0 Å². The fourth-order valence-electron chi connectivity index (χ4n) is 5.03. The summed E-state index contributed by atoms with van der Waals surface area (Å²) >= 11 is 6.07. The van der Waals surface area contributed by atoms with Crippen molar-refractivity contribution in [2.24, 2.45) is 5.92 Å². The number of carbonyl (C=O) groups excluding carboxylic acids is 1. The molecule has 2 heterocycles. The molecule has 0 radical (unpaired) electrons. The third-order valence-electron chi connectivity index (χ3n) is 6.69. The van der Waals surface area contributed by atoms with Crippen LogP contribution in [0.25, 0.3) is 0 Å². The minimum Gasteiger partial charge on any atom is -0.381 e. The lowest BCUT2D eigenvalue weighted by atomic mass is 9.74. The number of nitrogens with one attached hydrogen (secondary N) is 2. The van der Waals surface area contributed by atoms with E-state index in [0.29, 0.717) is 18.5 Å². The van der Waals surface area contributed by atoms with Crippen molar-refractivity contribution in [1.29, 1.82) is 0 Å². The van der Waals surface area contributed by atoms with E-state index >= 15 is 0 Å². The van der Waals surface area contributed by atoms with Gasteiger partial charge in [0.05, 0.1) is 6.04 Å². The van der Waals surface area contributed by atoms with Crippen LogP contribution in [0.4, 0.5) is 0 Å². The van der Waals surface area contributed by atoms with Crippen LogP contribution in [0.15, 0.2) is 24.3 Å². The smallest absolute Gasteiger partial charge is 0.237 e. The van der Waals surface area contributed by atoms with Crippen molar-refractivity contribution in [2.75, 3.05) is 19.8 Å². The maximum Gasteiger partial charge on any atom is 0.237 e. The summed E-state index contributed by atoms with van der Waals surface area (Å²) in [5.41, 5.74) is 1.20. The molecule has 0 spiro atoms. The molecule has 3 aliphatic rings. The summed E-state index contributed by atoms with van der Waals surface area (Å²) in [5.74, 6) is 0.854. The predicted molar refractivity (Wildman–Crippen MR) is 111 cm³/mol. The van der Waals surface area contributed by atoms with Gasteiger partial charge in [0.15, 0.2) is 0 Å². The molecule has 1 aromatic carbocycles.